The lowest BCUT2D eigenvalue weighted by molar-refractivity contribution is 0.581. The average molecular weight is 283 g/mol. The molecule has 0 unspecified atom stereocenters. The van der Waals surface area contributed by atoms with Gasteiger partial charge in [-0.1, -0.05) is 23.2 Å². The molecule has 0 aromatic heterocycles. The monoisotopic (exact) mass is 282 g/mol. The fraction of sp³-hybridized carbons (Fsp3) is 0.333. The van der Waals surface area contributed by atoms with Gasteiger partial charge in [0.2, 0.25) is 10.0 Å². The van der Waals surface area contributed by atoms with Crippen LogP contribution in [0.3, 0.4) is 0 Å². The molecule has 0 amide bonds. The van der Waals surface area contributed by atoms with Gasteiger partial charge >= 0.3 is 0 Å². The molecule has 0 radical (unpaired) electrons. The van der Waals surface area contributed by atoms with Crippen molar-refractivity contribution in [1.29, 1.82) is 0 Å². The van der Waals surface area contributed by atoms with Gasteiger partial charge in [0.1, 0.15) is 0 Å². The molecule has 7 heteroatoms. The number of nitrogens with two attached hydrogens (primary N) is 1. The van der Waals surface area contributed by atoms with E-state index in [2.05, 4.69) is 4.72 Å². The summed E-state index contributed by atoms with van der Waals surface area (Å²) in [5.41, 5.74) is 5.75. The van der Waals surface area contributed by atoms with Crippen LogP contribution in [-0.4, -0.2) is 21.5 Å². The maximum atomic E-state index is 11.5. The summed E-state index contributed by atoms with van der Waals surface area (Å²) in [5, 5.41) is 0.827. The average Bonchev–Trinajstić information content (AvgIpc) is 2.12. The standard InChI is InChI=1S/C9H12Cl2N2O2S/c10-8-3-7(4-9(11)5-8)6-16(14,15)13-2-1-12/h3-5,13H,1-2,6,12H2. The van der Waals surface area contributed by atoms with Gasteiger partial charge in [0.15, 0.2) is 0 Å². The molecule has 0 fully saturated rings. The SMILES string of the molecule is NCCNS(=O)(=O)Cc1cc(Cl)cc(Cl)c1. The molecule has 0 saturated carbocycles. The Hall–Kier alpha value is -0.330. The summed E-state index contributed by atoms with van der Waals surface area (Å²) in [5.74, 6) is -0.159. The Balaban J connectivity index is 2.80. The van der Waals surface area contributed by atoms with Gasteiger partial charge in [0.25, 0.3) is 0 Å². The van der Waals surface area contributed by atoms with Crippen molar-refractivity contribution in [2.24, 2.45) is 5.73 Å². The van der Waals surface area contributed by atoms with E-state index < -0.39 is 10.0 Å². The minimum atomic E-state index is -3.38. The molecule has 3 N–H and O–H groups in total. The van der Waals surface area contributed by atoms with Crippen LogP contribution in [0, 0.1) is 0 Å². The molecule has 1 aromatic carbocycles. The van der Waals surface area contributed by atoms with Gasteiger partial charge in [-0.05, 0) is 23.8 Å². The van der Waals surface area contributed by atoms with Crippen molar-refractivity contribution < 1.29 is 8.42 Å². The first-order chi connectivity index (χ1) is 7.43. The van der Waals surface area contributed by atoms with Crippen molar-refractivity contribution in [3.63, 3.8) is 0 Å². The molecule has 0 bridgehead atoms. The molecule has 0 saturated heterocycles. The first kappa shape index (κ1) is 13.7. The Morgan fingerprint density at radius 2 is 1.75 bits per heavy atom. The largest absolute Gasteiger partial charge is 0.329 e. The van der Waals surface area contributed by atoms with E-state index in [0.717, 1.165) is 0 Å². The summed E-state index contributed by atoms with van der Waals surface area (Å²) in [6.45, 7) is 0.478. The van der Waals surface area contributed by atoms with Gasteiger partial charge < -0.3 is 5.73 Å². The van der Waals surface area contributed by atoms with E-state index in [-0.39, 0.29) is 18.8 Å². The van der Waals surface area contributed by atoms with Crippen LogP contribution >= 0.6 is 23.2 Å². The lowest BCUT2D eigenvalue weighted by Crippen LogP contribution is -2.30. The Morgan fingerprint density at radius 1 is 1.19 bits per heavy atom. The molecule has 0 aliphatic heterocycles. The van der Waals surface area contributed by atoms with Crippen LogP contribution in [0.1, 0.15) is 5.56 Å². The zero-order chi connectivity index (χ0) is 12.2. The second kappa shape index (κ2) is 5.84. The Morgan fingerprint density at radius 3 is 2.25 bits per heavy atom. The van der Waals surface area contributed by atoms with Crippen LogP contribution in [0.2, 0.25) is 10.0 Å². The quantitative estimate of drug-likeness (QED) is 0.857. The predicted molar refractivity (Wildman–Crippen MR) is 66.1 cm³/mol. The molecule has 1 aromatic rings. The molecule has 16 heavy (non-hydrogen) atoms. The van der Waals surface area contributed by atoms with Gasteiger partial charge in [-0.15, -0.1) is 0 Å². The highest BCUT2D eigenvalue weighted by Crippen LogP contribution is 2.20. The lowest BCUT2D eigenvalue weighted by Gasteiger charge is -2.06. The van der Waals surface area contributed by atoms with Crippen molar-refractivity contribution in [2.45, 2.75) is 5.75 Å². The third-order valence-electron chi connectivity index (χ3n) is 1.75. The molecule has 0 aliphatic rings. The van der Waals surface area contributed by atoms with Gasteiger partial charge in [-0.2, -0.15) is 0 Å². The Kier molecular flexibility index (Phi) is 5.01. The number of hydrogen-bond donors (Lipinski definition) is 2. The number of rotatable bonds is 5. The van der Waals surface area contributed by atoms with E-state index in [1.807, 2.05) is 0 Å². The number of halogens is 2. The summed E-state index contributed by atoms with van der Waals surface area (Å²) < 4.78 is 25.4. The molecule has 1 rings (SSSR count). The minimum absolute atomic E-state index is 0.159. The third kappa shape index (κ3) is 4.67. The maximum Gasteiger partial charge on any atom is 0.215 e. The van der Waals surface area contributed by atoms with Gasteiger partial charge in [-0.25, -0.2) is 13.1 Å². The summed E-state index contributed by atoms with van der Waals surface area (Å²) in [6, 6.07) is 4.68. The summed E-state index contributed by atoms with van der Waals surface area (Å²) in [7, 11) is -3.38. The molecular weight excluding hydrogens is 271 g/mol. The second-order valence-corrected chi connectivity index (χ2v) is 5.90. The van der Waals surface area contributed by atoms with Crippen LogP contribution in [0.25, 0.3) is 0 Å². The molecule has 0 atom stereocenters. The van der Waals surface area contributed by atoms with Crippen LogP contribution in [0.5, 0.6) is 0 Å². The predicted octanol–water partition coefficient (Wildman–Crippen LogP) is 1.37. The summed E-state index contributed by atoms with van der Waals surface area (Å²) >= 11 is 11.5. The number of benzene rings is 1. The van der Waals surface area contributed by atoms with E-state index >= 15 is 0 Å². The summed E-state index contributed by atoms with van der Waals surface area (Å²) in [4.78, 5) is 0. The first-order valence-corrected chi connectivity index (χ1v) is 6.96. The highest BCUT2D eigenvalue weighted by Gasteiger charge is 2.11. The second-order valence-electron chi connectivity index (χ2n) is 3.22. The third-order valence-corrected chi connectivity index (χ3v) is 3.54. The van der Waals surface area contributed by atoms with Crippen molar-refractivity contribution in [3.8, 4) is 0 Å². The number of sulfonamides is 1. The van der Waals surface area contributed by atoms with Crippen molar-refractivity contribution in [2.75, 3.05) is 13.1 Å². The minimum Gasteiger partial charge on any atom is -0.329 e. The van der Waals surface area contributed by atoms with E-state index in [1.54, 1.807) is 18.2 Å². The molecule has 0 heterocycles. The van der Waals surface area contributed by atoms with Gasteiger partial charge in [0.05, 0.1) is 5.75 Å². The van der Waals surface area contributed by atoms with Crippen molar-refractivity contribution >= 4 is 33.2 Å². The fourth-order valence-corrected chi connectivity index (χ4v) is 2.89. The lowest BCUT2D eigenvalue weighted by atomic mass is 10.2. The van der Waals surface area contributed by atoms with E-state index in [0.29, 0.717) is 15.6 Å². The molecular formula is C9H12Cl2N2O2S. The number of nitrogens with one attached hydrogen (secondary N) is 1. The van der Waals surface area contributed by atoms with Gasteiger partial charge in [-0.3, -0.25) is 0 Å². The zero-order valence-electron chi connectivity index (χ0n) is 8.41. The Bertz CT molecular complexity index is 442. The molecule has 0 aliphatic carbocycles. The van der Waals surface area contributed by atoms with Gasteiger partial charge in [0, 0.05) is 23.1 Å². The van der Waals surface area contributed by atoms with Crippen LogP contribution in [0.15, 0.2) is 18.2 Å². The van der Waals surface area contributed by atoms with Crippen LogP contribution < -0.4 is 10.5 Å². The highest BCUT2D eigenvalue weighted by molar-refractivity contribution is 7.88. The normalized spacial score (nSPS) is 11.7. The van der Waals surface area contributed by atoms with Crippen molar-refractivity contribution in [1.82, 2.24) is 4.72 Å². The van der Waals surface area contributed by atoms with E-state index in [4.69, 9.17) is 28.9 Å². The van der Waals surface area contributed by atoms with Crippen LogP contribution in [0.4, 0.5) is 0 Å². The topological polar surface area (TPSA) is 72.2 Å². The zero-order valence-corrected chi connectivity index (χ0v) is 10.7. The number of hydrogen-bond acceptors (Lipinski definition) is 3. The fourth-order valence-electron chi connectivity index (χ4n) is 1.18. The van der Waals surface area contributed by atoms with Crippen molar-refractivity contribution in [3.05, 3.63) is 33.8 Å². The summed E-state index contributed by atoms with van der Waals surface area (Å²) in [6.07, 6.45) is 0. The molecule has 0 spiro atoms. The highest BCUT2D eigenvalue weighted by atomic mass is 35.5. The van der Waals surface area contributed by atoms with E-state index in [9.17, 15) is 8.42 Å². The molecule has 4 nitrogen and oxygen atoms in total. The molecule has 90 valence electrons. The van der Waals surface area contributed by atoms with Crippen LogP contribution in [-0.2, 0) is 15.8 Å². The Labute approximate surface area is 105 Å². The first-order valence-electron chi connectivity index (χ1n) is 4.55. The smallest absolute Gasteiger partial charge is 0.215 e. The van der Waals surface area contributed by atoms with E-state index in [1.165, 1.54) is 0 Å². The maximum absolute atomic E-state index is 11.5.